The quantitative estimate of drug-likeness (QED) is 0.647. The molecule has 1 nitrogen and oxygen atoms in total. The van der Waals surface area contributed by atoms with Crippen LogP contribution in [0.1, 0.15) is 0 Å². The molecule has 3 heteroatoms. The van der Waals surface area contributed by atoms with E-state index >= 15 is 0 Å². The lowest BCUT2D eigenvalue weighted by Crippen LogP contribution is -2.37. The second kappa shape index (κ2) is 4.57. The van der Waals surface area contributed by atoms with Gasteiger partial charge in [-0.2, -0.15) is 0 Å². The maximum Gasteiger partial charge on any atom is 0.123 e. The number of rotatable bonds is 2. The first-order valence-electron chi connectivity index (χ1n) is 6.04. The monoisotopic (exact) mass is 259 g/mol. The van der Waals surface area contributed by atoms with Crippen LogP contribution in [-0.2, 0) is 0 Å². The fourth-order valence-corrected chi connectivity index (χ4v) is 3.06. The Balaban J connectivity index is 2.53. The average Bonchev–Trinajstić information content (AvgIpc) is 2.29. The summed E-state index contributed by atoms with van der Waals surface area (Å²) in [5.74, 6) is -0.223. The zero-order chi connectivity index (χ0) is 13.3. The van der Waals surface area contributed by atoms with Crippen molar-refractivity contribution in [2.24, 2.45) is 0 Å². The topological polar surface area (TPSA) is 26.0 Å². The SMILES string of the molecule is C[Si](C)(C)c1ccc(N)c(-c2ccc(F)cc2)c1. The molecule has 0 unspecified atom stereocenters. The van der Waals surface area contributed by atoms with Gasteiger partial charge in [0.2, 0.25) is 0 Å². The Morgan fingerprint density at radius 2 is 1.56 bits per heavy atom. The smallest absolute Gasteiger partial charge is 0.123 e. The predicted octanol–water partition coefficient (Wildman–Crippen LogP) is 3.62. The van der Waals surface area contributed by atoms with E-state index in [2.05, 4.69) is 31.8 Å². The summed E-state index contributed by atoms with van der Waals surface area (Å²) in [6.07, 6.45) is 0. The zero-order valence-electron chi connectivity index (χ0n) is 11.0. The normalized spacial score (nSPS) is 11.6. The van der Waals surface area contributed by atoms with Gasteiger partial charge in [0, 0.05) is 11.3 Å². The molecule has 2 aromatic carbocycles. The summed E-state index contributed by atoms with van der Waals surface area (Å²) in [4.78, 5) is 0. The van der Waals surface area contributed by atoms with Crippen LogP contribution < -0.4 is 10.9 Å². The van der Waals surface area contributed by atoms with Crippen molar-refractivity contribution in [3.05, 3.63) is 48.3 Å². The number of hydrogen-bond acceptors (Lipinski definition) is 1. The summed E-state index contributed by atoms with van der Waals surface area (Å²) in [6, 6.07) is 12.7. The van der Waals surface area contributed by atoms with E-state index in [4.69, 9.17) is 5.73 Å². The van der Waals surface area contributed by atoms with Gasteiger partial charge >= 0.3 is 0 Å². The summed E-state index contributed by atoms with van der Waals surface area (Å²) in [7, 11) is -1.36. The third-order valence-electron chi connectivity index (χ3n) is 3.07. The summed E-state index contributed by atoms with van der Waals surface area (Å²) in [6.45, 7) is 6.90. The highest BCUT2D eigenvalue weighted by Gasteiger charge is 2.17. The fourth-order valence-electron chi connectivity index (χ4n) is 1.90. The van der Waals surface area contributed by atoms with Crippen molar-refractivity contribution in [1.29, 1.82) is 0 Å². The van der Waals surface area contributed by atoms with Gasteiger partial charge in [-0.15, -0.1) is 0 Å². The lowest BCUT2D eigenvalue weighted by molar-refractivity contribution is 0.628. The summed E-state index contributed by atoms with van der Waals surface area (Å²) >= 11 is 0. The maximum absolute atomic E-state index is 12.9. The first-order valence-corrected chi connectivity index (χ1v) is 9.54. The van der Waals surface area contributed by atoms with E-state index in [9.17, 15) is 4.39 Å². The minimum absolute atomic E-state index is 0.223. The molecule has 0 aliphatic carbocycles. The van der Waals surface area contributed by atoms with Crippen LogP contribution in [0.5, 0.6) is 0 Å². The van der Waals surface area contributed by atoms with E-state index in [1.54, 1.807) is 12.1 Å². The van der Waals surface area contributed by atoms with Crippen molar-refractivity contribution in [2.75, 3.05) is 5.73 Å². The minimum atomic E-state index is -1.36. The van der Waals surface area contributed by atoms with Crippen molar-refractivity contribution in [3.63, 3.8) is 0 Å². The second-order valence-electron chi connectivity index (χ2n) is 5.56. The van der Waals surface area contributed by atoms with Crippen LogP contribution in [0.4, 0.5) is 10.1 Å². The average molecular weight is 259 g/mol. The van der Waals surface area contributed by atoms with Crippen molar-refractivity contribution in [3.8, 4) is 11.1 Å². The van der Waals surface area contributed by atoms with Gasteiger partial charge in [0.05, 0.1) is 8.07 Å². The molecule has 0 saturated carbocycles. The van der Waals surface area contributed by atoms with Gasteiger partial charge in [-0.1, -0.05) is 49.1 Å². The van der Waals surface area contributed by atoms with Crippen LogP contribution in [0.3, 0.4) is 0 Å². The molecule has 0 aliphatic heterocycles. The van der Waals surface area contributed by atoms with Crippen molar-refractivity contribution in [1.82, 2.24) is 0 Å². The third-order valence-corrected chi connectivity index (χ3v) is 5.12. The molecule has 0 heterocycles. The van der Waals surface area contributed by atoms with E-state index in [0.717, 1.165) is 16.8 Å². The Hall–Kier alpha value is -1.61. The Labute approximate surface area is 108 Å². The summed E-state index contributed by atoms with van der Waals surface area (Å²) in [5.41, 5.74) is 8.73. The van der Waals surface area contributed by atoms with Gasteiger partial charge in [-0.05, 0) is 23.8 Å². The number of nitrogen functional groups attached to an aromatic ring is 1. The van der Waals surface area contributed by atoms with E-state index in [1.165, 1.54) is 17.3 Å². The largest absolute Gasteiger partial charge is 0.398 e. The molecule has 0 amide bonds. The number of benzene rings is 2. The van der Waals surface area contributed by atoms with Gasteiger partial charge in [0.25, 0.3) is 0 Å². The van der Waals surface area contributed by atoms with Crippen molar-refractivity contribution < 1.29 is 4.39 Å². The molecule has 18 heavy (non-hydrogen) atoms. The molecule has 0 radical (unpaired) electrons. The molecule has 0 fully saturated rings. The first-order chi connectivity index (χ1) is 8.38. The molecule has 0 spiro atoms. The van der Waals surface area contributed by atoms with E-state index in [-0.39, 0.29) is 5.82 Å². The molecule has 2 N–H and O–H groups in total. The molecule has 0 saturated heterocycles. The molecule has 0 atom stereocenters. The van der Waals surface area contributed by atoms with Crippen LogP contribution in [0.15, 0.2) is 42.5 Å². The predicted molar refractivity (Wildman–Crippen MR) is 79.2 cm³/mol. The zero-order valence-corrected chi connectivity index (χ0v) is 12.0. The van der Waals surface area contributed by atoms with Crippen LogP contribution >= 0.6 is 0 Å². The van der Waals surface area contributed by atoms with Gasteiger partial charge < -0.3 is 5.73 Å². The molecular formula is C15H18FNSi. The lowest BCUT2D eigenvalue weighted by Gasteiger charge is -2.18. The Morgan fingerprint density at radius 1 is 0.944 bits per heavy atom. The van der Waals surface area contributed by atoms with E-state index < -0.39 is 8.07 Å². The van der Waals surface area contributed by atoms with E-state index in [0.29, 0.717) is 0 Å². The summed E-state index contributed by atoms with van der Waals surface area (Å²) < 4.78 is 12.9. The van der Waals surface area contributed by atoms with E-state index in [1.807, 2.05) is 6.07 Å². The van der Waals surface area contributed by atoms with Crippen molar-refractivity contribution in [2.45, 2.75) is 19.6 Å². The highest BCUT2D eigenvalue weighted by Crippen LogP contribution is 2.25. The third kappa shape index (κ3) is 2.62. The standard InChI is InChI=1S/C15H18FNSi/c1-18(2,3)13-8-9-15(17)14(10-13)11-4-6-12(16)7-5-11/h4-10H,17H2,1-3H3. The number of anilines is 1. The molecule has 0 aliphatic rings. The highest BCUT2D eigenvalue weighted by atomic mass is 28.3. The van der Waals surface area contributed by atoms with Gasteiger partial charge in [0.1, 0.15) is 5.82 Å². The minimum Gasteiger partial charge on any atom is -0.398 e. The van der Waals surface area contributed by atoms with Crippen LogP contribution in [0, 0.1) is 5.82 Å². The maximum atomic E-state index is 12.9. The molecule has 2 rings (SSSR count). The Morgan fingerprint density at radius 3 is 2.11 bits per heavy atom. The van der Waals surface area contributed by atoms with Gasteiger partial charge in [-0.3, -0.25) is 0 Å². The summed E-state index contributed by atoms with van der Waals surface area (Å²) in [5, 5.41) is 1.36. The lowest BCUT2D eigenvalue weighted by atomic mass is 10.0. The van der Waals surface area contributed by atoms with Crippen molar-refractivity contribution >= 4 is 18.9 Å². The molecule has 0 bridgehead atoms. The molecule has 94 valence electrons. The first kappa shape index (κ1) is 12.8. The number of nitrogens with two attached hydrogens (primary N) is 1. The Kier molecular flexibility index (Phi) is 3.26. The van der Waals surface area contributed by atoms with Gasteiger partial charge in [0.15, 0.2) is 0 Å². The molecule has 0 aromatic heterocycles. The number of hydrogen-bond donors (Lipinski definition) is 1. The van der Waals surface area contributed by atoms with Crippen LogP contribution in [-0.4, -0.2) is 8.07 Å². The Bertz CT molecular complexity index is 556. The van der Waals surface area contributed by atoms with Crippen LogP contribution in [0.2, 0.25) is 19.6 Å². The number of halogens is 1. The highest BCUT2D eigenvalue weighted by molar-refractivity contribution is 6.88. The molecule has 2 aromatic rings. The fraction of sp³-hybridized carbons (Fsp3) is 0.200. The second-order valence-corrected chi connectivity index (χ2v) is 10.6. The van der Waals surface area contributed by atoms with Gasteiger partial charge in [-0.25, -0.2) is 4.39 Å². The van der Waals surface area contributed by atoms with Crippen LogP contribution in [0.25, 0.3) is 11.1 Å². The molecular weight excluding hydrogens is 241 g/mol.